The molecule has 4 rings (SSSR count). The number of thiophene rings is 1. The Kier molecular flexibility index (Phi) is 3.95. The van der Waals surface area contributed by atoms with Gasteiger partial charge in [-0.25, -0.2) is 0 Å². The molecule has 21 heavy (non-hydrogen) atoms. The van der Waals surface area contributed by atoms with E-state index in [1.165, 1.54) is 33.4 Å². The first kappa shape index (κ1) is 13.7. The van der Waals surface area contributed by atoms with Gasteiger partial charge < -0.3 is 14.8 Å². The van der Waals surface area contributed by atoms with Crippen LogP contribution in [0.4, 0.5) is 0 Å². The number of hydrogen-bond donors (Lipinski definition) is 1. The zero-order valence-corrected chi connectivity index (χ0v) is 13.0. The molecule has 1 unspecified atom stereocenters. The fourth-order valence-electron chi connectivity index (χ4n) is 2.82. The van der Waals surface area contributed by atoms with Gasteiger partial charge in [0.25, 0.3) is 0 Å². The maximum absolute atomic E-state index is 6.07. The van der Waals surface area contributed by atoms with Crippen LogP contribution in [0, 0.1) is 0 Å². The summed E-state index contributed by atoms with van der Waals surface area (Å²) in [4.78, 5) is 1.43. The van der Waals surface area contributed by atoms with Crippen molar-refractivity contribution in [2.24, 2.45) is 0 Å². The quantitative estimate of drug-likeness (QED) is 0.886. The third kappa shape index (κ3) is 3.14. The molecule has 2 heterocycles. The Bertz CT molecular complexity index is 614. The minimum absolute atomic E-state index is 0.271. The van der Waals surface area contributed by atoms with Crippen LogP contribution < -0.4 is 5.32 Å². The Morgan fingerprint density at radius 1 is 1.24 bits per heavy atom. The molecule has 1 atom stereocenters. The van der Waals surface area contributed by atoms with Crippen molar-refractivity contribution in [1.82, 2.24) is 5.32 Å². The van der Waals surface area contributed by atoms with Crippen molar-refractivity contribution in [3.8, 4) is 0 Å². The summed E-state index contributed by atoms with van der Waals surface area (Å²) in [5.41, 5.74) is 1.37. The van der Waals surface area contributed by atoms with E-state index in [2.05, 4.69) is 29.6 Å². The average Bonchev–Trinajstić information content (AvgIpc) is 3.07. The summed E-state index contributed by atoms with van der Waals surface area (Å²) in [7, 11) is 0. The van der Waals surface area contributed by atoms with Crippen molar-refractivity contribution in [2.75, 3.05) is 13.2 Å². The van der Waals surface area contributed by atoms with E-state index < -0.39 is 0 Å². The van der Waals surface area contributed by atoms with Crippen LogP contribution in [0.2, 0.25) is 0 Å². The van der Waals surface area contributed by atoms with Gasteiger partial charge in [0, 0.05) is 34.3 Å². The van der Waals surface area contributed by atoms with Crippen molar-refractivity contribution < 1.29 is 9.47 Å². The first-order chi connectivity index (χ1) is 10.4. The van der Waals surface area contributed by atoms with Gasteiger partial charge in [0.1, 0.15) is 0 Å². The number of ether oxygens (including phenoxy) is 2. The van der Waals surface area contributed by atoms with Crippen LogP contribution in [0.1, 0.15) is 29.7 Å². The first-order valence-corrected chi connectivity index (χ1v) is 8.64. The molecule has 2 aliphatic rings. The molecule has 2 aromatic rings. The van der Waals surface area contributed by atoms with Crippen LogP contribution in [0.25, 0.3) is 10.1 Å². The second-order valence-corrected chi connectivity index (χ2v) is 7.09. The van der Waals surface area contributed by atoms with Gasteiger partial charge in [0.15, 0.2) is 0 Å². The summed E-state index contributed by atoms with van der Waals surface area (Å²) < 4.78 is 12.8. The highest BCUT2D eigenvalue weighted by molar-refractivity contribution is 7.19. The predicted octanol–water partition coefficient (Wildman–Crippen LogP) is 3.46. The van der Waals surface area contributed by atoms with Gasteiger partial charge in [-0.15, -0.1) is 11.3 Å². The lowest BCUT2D eigenvalue weighted by Crippen LogP contribution is -2.16. The molecule has 4 heteroatoms. The lowest BCUT2D eigenvalue weighted by atomic mass is 10.1. The summed E-state index contributed by atoms with van der Waals surface area (Å²) in [5, 5.41) is 4.99. The fourth-order valence-corrected chi connectivity index (χ4v) is 3.98. The highest BCUT2D eigenvalue weighted by Crippen LogP contribution is 2.33. The maximum atomic E-state index is 6.07. The molecule has 0 spiro atoms. The number of hydrogen-bond acceptors (Lipinski definition) is 4. The highest BCUT2D eigenvalue weighted by atomic mass is 32.1. The van der Waals surface area contributed by atoms with Gasteiger partial charge in [-0.05, 0) is 30.7 Å². The number of benzene rings is 1. The summed E-state index contributed by atoms with van der Waals surface area (Å²) in [6.07, 6.45) is 3.96. The van der Waals surface area contributed by atoms with Gasteiger partial charge in [0.2, 0.25) is 0 Å². The summed E-state index contributed by atoms with van der Waals surface area (Å²) in [5.74, 6) is 0. The van der Waals surface area contributed by atoms with Gasteiger partial charge in [-0.2, -0.15) is 0 Å². The van der Waals surface area contributed by atoms with Gasteiger partial charge in [0.05, 0.1) is 19.3 Å². The Balaban J connectivity index is 1.54. The minimum atomic E-state index is 0.271. The zero-order chi connectivity index (χ0) is 14.1. The number of fused-ring (bicyclic) bond motifs is 1. The normalized spacial score (nSPS) is 22.2. The van der Waals surface area contributed by atoms with Crippen molar-refractivity contribution in [3.63, 3.8) is 0 Å². The van der Waals surface area contributed by atoms with E-state index in [9.17, 15) is 0 Å². The monoisotopic (exact) mass is 303 g/mol. The minimum Gasteiger partial charge on any atom is -0.379 e. The van der Waals surface area contributed by atoms with Crippen LogP contribution in [0.5, 0.6) is 0 Å². The van der Waals surface area contributed by atoms with Crippen molar-refractivity contribution >= 4 is 21.4 Å². The van der Waals surface area contributed by atoms with E-state index in [0.29, 0.717) is 6.61 Å². The Morgan fingerprint density at radius 2 is 2.14 bits per heavy atom. The number of rotatable bonds is 6. The molecule has 1 aliphatic carbocycles. The lowest BCUT2D eigenvalue weighted by Gasteiger charge is -2.11. The fraction of sp³-hybridized carbons (Fsp3) is 0.529. The van der Waals surface area contributed by atoms with E-state index in [0.717, 1.165) is 32.2 Å². The average molecular weight is 303 g/mol. The van der Waals surface area contributed by atoms with Crippen molar-refractivity contribution in [1.29, 1.82) is 0 Å². The topological polar surface area (TPSA) is 30.5 Å². The molecule has 0 amide bonds. The molecule has 112 valence electrons. The predicted molar refractivity (Wildman–Crippen MR) is 85.7 cm³/mol. The molecule has 1 aliphatic heterocycles. The van der Waals surface area contributed by atoms with E-state index in [1.807, 2.05) is 11.3 Å². The first-order valence-electron chi connectivity index (χ1n) is 7.82. The SMILES string of the molecule is c1ccc2c(COC3CCOC3)c(CNC3CC3)sc2c1. The number of nitrogens with one attached hydrogen (secondary N) is 1. The zero-order valence-electron chi connectivity index (χ0n) is 12.1. The molecular weight excluding hydrogens is 282 g/mol. The third-order valence-electron chi connectivity index (χ3n) is 4.26. The lowest BCUT2D eigenvalue weighted by molar-refractivity contribution is 0.0321. The van der Waals surface area contributed by atoms with Crippen LogP contribution in [0.3, 0.4) is 0 Å². The molecular formula is C17H21NO2S. The van der Waals surface area contributed by atoms with E-state index in [-0.39, 0.29) is 6.10 Å². The molecule has 1 aromatic carbocycles. The smallest absolute Gasteiger partial charge is 0.0835 e. The molecule has 1 saturated heterocycles. The Morgan fingerprint density at radius 3 is 2.95 bits per heavy atom. The van der Waals surface area contributed by atoms with Crippen LogP contribution in [-0.4, -0.2) is 25.4 Å². The van der Waals surface area contributed by atoms with Crippen LogP contribution in [0.15, 0.2) is 24.3 Å². The molecule has 1 saturated carbocycles. The molecule has 1 aromatic heterocycles. The second kappa shape index (κ2) is 6.05. The van der Waals surface area contributed by atoms with Crippen LogP contribution in [-0.2, 0) is 22.6 Å². The maximum Gasteiger partial charge on any atom is 0.0835 e. The summed E-state index contributed by atoms with van der Waals surface area (Å²) >= 11 is 1.90. The molecule has 1 N–H and O–H groups in total. The standard InChI is InChI=1S/C17H21NO2S/c1-2-4-16-14(3-1)15(11-20-13-7-8-19-10-13)17(21-16)9-18-12-5-6-12/h1-4,12-13,18H,5-11H2. The molecule has 3 nitrogen and oxygen atoms in total. The second-order valence-electron chi connectivity index (χ2n) is 5.95. The van der Waals surface area contributed by atoms with Crippen LogP contribution >= 0.6 is 11.3 Å². The van der Waals surface area contributed by atoms with Crippen molar-refractivity contribution in [3.05, 3.63) is 34.7 Å². The Labute approximate surface area is 129 Å². The van der Waals surface area contributed by atoms with E-state index in [1.54, 1.807) is 0 Å². The summed E-state index contributed by atoms with van der Waals surface area (Å²) in [6, 6.07) is 9.41. The molecule has 0 bridgehead atoms. The highest BCUT2D eigenvalue weighted by Gasteiger charge is 2.22. The Hall–Kier alpha value is -0.940. The van der Waals surface area contributed by atoms with Gasteiger partial charge in [-0.1, -0.05) is 18.2 Å². The summed E-state index contributed by atoms with van der Waals surface area (Å²) in [6.45, 7) is 3.27. The van der Waals surface area contributed by atoms with Crippen molar-refractivity contribution in [2.45, 2.75) is 44.6 Å². The van der Waals surface area contributed by atoms with Gasteiger partial charge in [-0.3, -0.25) is 0 Å². The third-order valence-corrected chi connectivity index (χ3v) is 5.47. The largest absolute Gasteiger partial charge is 0.379 e. The van der Waals surface area contributed by atoms with E-state index in [4.69, 9.17) is 9.47 Å². The molecule has 0 radical (unpaired) electrons. The van der Waals surface area contributed by atoms with Gasteiger partial charge >= 0.3 is 0 Å². The molecule has 2 fully saturated rings. The van der Waals surface area contributed by atoms with E-state index >= 15 is 0 Å².